The second-order valence-corrected chi connectivity index (χ2v) is 14.5. The van der Waals surface area contributed by atoms with E-state index in [4.69, 9.17) is 9.16 Å². The summed E-state index contributed by atoms with van der Waals surface area (Å²) >= 11 is 0. The first kappa shape index (κ1) is 18.2. The highest BCUT2D eigenvalue weighted by Gasteiger charge is 2.61. The quantitative estimate of drug-likeness (QED) is 0.394. The standard InChI is InChI=1S/C20H34O3Si/c1-13(2)24(14(3)4,15(5)6)23-18-10-11-20-12-22-19(21)17(20)9-7-8-16(18)20/h7-8,13-18H,9-12H2,1-6H3. The minimum absolute atomic E-state index is 0.0155. The van der Waals surface area contributed by atoms with Gasteiger partial charge < -0.3 is 9.16 Å². The third-order valence-electron chi connectivity index (χ3n) is 7.20. The van der Waals surface area contributed by atoms with Gasteiger partial charge in [0.2, 0.25) is 8.32 Å². The maximum Gasteiger partial charge on any atom is 0.309 e. The van der Waals surface area contributed by atoms with Gasteiger partial charge in [0, 0.05) is 11.3 Å². The van der Waals surface area contributed by atoms with E-state index in [1.54, 1.807) is 0 Å². The number of hydrogen-bond acceptors (Lipinski definition) is 3. The largest absolute Gasteiger partial charge is 0.465 e. The van der Waals surface area contributed by atoms with Gasteiger partial charge in [0.15, 0.2) is 0 Å². The van der Waals surface area contributed by atoms with Crippen LogP contribution < -0.4 is 0 Å². The SMILES string of the molecule is CC(C)[Si](OC1CCC23COC(=O)C2CC=CC13)(C(C)C)C(C)C. The lowest BCUT2D eigenvalue weighted by atomic mass is 9.66. The van der Waals surface area contributed by atoms with E-state index < -0.39 is 8.32 Å². The van der Waals surface area contributed by atoms with Crippen molar-refractivity contribution in [2.75, 3.05) is 6.61 Å². The molecule has 3 rings (SSSR count). The number of carbonyl (C=O) groups excluding carboxylic acids is 1. The predicted octanol–water partition coefficient (Wildman–Crippen LogP) is 5.08. The third kappa shape index (κ3) is 2.44. The van der Waals surface area contributed by atoms with E-state index in [1.807, 2.05) is 0 Å². The van der Waals surface area contributed by atoms with Crippen molar-refractivity contribution in [2.24, 2.45) is 17.3 Å². The molecule has 4 heteroatoms. The van der Waals surface area contributed by atoms with Crippen LogP contribution in [0.4, 0.5) is 0 Å². The van der Waals surface area contributed by atoms with Crippen LogP contribution in [0.5, 0.6) is 0 Å². The topological polar surface area (TPSA) is 35.5 Å². The zero-order chi connectivity index (χ0) is 17.7. The van der Waals surface area contributed by atoms with Crippen LogP contribution in [0, 0.1) is 17.3 Å². The first-order valence-electron chi connectivity index (χ1n) is 9.76. The number of ether oxygens (including phenoxy) is 1. The second-order valence-electron chi connectivity index (χ2n) is 9.10. The highest BCUT2D eigenvalue weighted by molar-refractivity contribution is 6.77. The number of hydrogen-bond donors (Lipinski definition) is 0. The Morgan fingerprint density at radius 3 is 2.38 bits per heavy atom. The summed E-state index contributed by atoms with van der Waals surface area (Å²) in [5.74, 6) is 0.435. The maximum atomic E-state index is 12.2. The summed E-state index contributed by atoms with van der Waals surface area (Å²) in [4.78, 5) is 12.2. The zero-order valence-corrected chi connectivity index (χ0v) is 17.2. The maximum absolute atomic E-state index is 12.2. The summed E-state index contributed by atoms with van der Waals surface area (Å²) in [6.45, 7) is 14.7. The fraction of sp³-hybridized carbons (Fsp3) is 0.850. The molecule has 1 aliphatic heterocycles. The van der Waals surface area contributed by atoms with E-state index in [2.05, 4.69) is 53.7 Å². The molecule has 24 heavy (non-hydrogen) atoms. The first-order valence-corrected chi connectivity index (χ1v) is 11.9. The van der Waals surface area contributed by atoms with Crippen molar-refractivity contribution in [2.45, 2.75) is 83.5 Å². The minimum Gasteiger partial charge on any atom is -0.465 e. The van der Waals surface area contributed by atoms with Crippen LogP contribution in [0.25, 0.3) is 0 Å². The predicted molar refractivity (Wildman–Crippen MR) is 99.3 cm³/mol. The van der Waals surface area contributed by atoms with Crippen molar-refractivity contribution in [1.82, 2.24) is 0 Å². The average Bonchev–Trinajstić information content (AvgIpc) is 3.03. The Balaban J connectivity index is 1.90. The van der Waals surface area contributed by atoms with Gasteiger partial charge in [0.05, 0.1) is 18.6 Å². The summed E-state index contributed by atoms with van der Waals surface area (Å²) in [5.41, 5.74) is 1.80. The monoisotopic (exact) mass is 350 g/mol. The highest BCUT2D eigenvalue weighted by Crippen LogP contribution is 2.58. The Bertz CT molecular complexity index is 503. The second kappa shape index (κ2) is 6.28. The van der Waals surface area contributed by atoms with Crippen LogP contribution >= 0.6 is 0 Å². The average molecular weight is 351 g/mol. The van der Waals surface area contributed by atoms with E-state index in [0.717, 1.165) is 19.3 Å². The molecule has 0 aromatic carbocycles. The number of cyclic esters (lactones) is 1. The summed E-state index contributed by atoms with van der Waals surface area (Å²) in [6, 6.07) is 0. The molecular weight excluding hydrogens is 316 g/mol. The van der Waals surface area contributed by atoms with Gasteiger partial charge in [-0.05, 0) is 35.9 Å². The van der Waals surface area contributed by atoms with Gasteiger partial charge in [-0.1, -0.05) is 53.7 Å². The van der Waals surface area contributed by atoms with Crippen molar-refractivity contribution in [3.8, 4) is 0 Å². The Kier molecular flexibility index (Phi) is 4.76. The number of rotatable bonds is 5. The fourth-order valence-corrected chi connectivity index (χ4v) is 11.8. The minimum atomic E-state index is -1.89. The Labute approximate surface area is 148 Å². The van der Waals surface area contributed by atoms with Crippen LogP contribution in [0.3, 0.4) is 0 Å². The molecule has 1 spiro atoms. The zero-order valence-electron chi connectivity index (χ0n) is 16.2. The fourth-order valence-electron chi connectivity index (χ4n) is 6.15. The Hall–Kier alpha value is -0.613. The first-order chi connectivity index (χ1) is 11.3. The lowest BCUT2D eigenvalue weighted by molar-refractivity contribution is -0.141. The molecule has 4 atom stereocenters. The molecule has 2 fully saturated rings. The van der Waals surface area contributed by atoms with Crippen LogP contribution in [0.1, 0.15) is 60.8 Å². The number of esters is 1. The molecule has 1 heterocycles. The smallest absolute Gasteiger partial charge is 0.309 e. The summed E-state index contributed by atoms with van der Waals surface area (Å²) in [5, 5.41) is 0. The molecular formula is C20H34O3Si. The van der Waals surface area contributed by atoms with Crippen molar-refractivity contribution >= 4 is 14.3 Å². The van der Waals surface area contributed by atoms with Gasteiger partial charge in [-0.2, -0.15) is 0 Å². The molecule has 0 aromatic rings. The molecule has 0 aromatic heterocycles. The molecule has 136 valence electrons. The number of allylic oxidation sites excluding steroid dienone is 1. The lowest BCUT2D eigenvalue weighted by Gasteiger charge is -2.46. The summed E-state index contributed by atoms with van der Waals surface area (Å²) in [6.07, 6.45) is 7.80. The van der Waals surface area contributed by atoms with Gasteiger partial charge in [-0.3, -0.25) is 4.79 Å². The third-order valence-corrected chi connectivity index (χ3v) is 13.3. The highest BCUT2D eigenvalue weighted by atomic mass is 28.4. The van der Waals surface area contributed by atoms with Crippen molar-refractivity contribution < 1.29 is 14.0 Å². The van der Waals surface area contributed by atoms with Crippen LogP contribution in [0.2, 0.25) is 16.6 Å². The summed E-state index contributed by atoms with van der Waals surface area (Å²) < 4.78 is 12.6. The van der Waals surface area contributed by atoms with Crippen LogP contribution in [-0.4, -0.2) is 27.0 Å². The van der Waals surface area contributed by atoms with Gasteiger partial charge in [-0.15, -0.1) is 0 Å². The van der Waals surface area contributed by atoms with E-state index in [9.17, 15) is 4.79 Å². The molecule has 0 bridgehead atoms. The molecule has 2 aliphatic carbocycles. The Morgan fingerprint density at radius 1 is 1.17 bits per heavy atom. The molecule has 4 unspecified atom stereocenters. The van der Waals surface area contributed by atoms with E-state index in [1.165, 1.54) is 0 Å². The normalized spacial score (nSPS) is 35.7. The van der Waals surface area contributed by atoms with E-state index in [0.29, 0.717) is 29.1 Å². The molecule has 3 nitrogen and oxygen atoms in total. The van der Waals surface area contributed by atoms with Gasteiger partial charge in [0.1, 0.15) is 0 Å². The molecule has 1 saturated heterocycles. The molecule has 0 radical (unpaired) electrons. The van der Waals surface area contributed by atoms with Gasteiger partial charge in [-0.25, -0.2) is 0 Å². The van der Waals surface area contributed by atoms with Crippen LogP contribution in [-0.2, 0) is 14.0 Å². The summed E-state index contributed by atoms with van der Waals surface area (Å²) in [7, 11) is -1.89. The molecule has 1 saturated carbocycles. The van der Waals surface area contributed by atoms with E-state index in [-0.39, 0.29) is 23.4 Å². The van der Waals surface area contributed by atoms with Gasteiger partial charge >= 0.3 is 5.97 Å². The van der Waals surface area contributed by atoms with Crippen molar-refractivity contribution in [3.05, 3.63) is 12.2 Å². The van der Waals surface area contributed by atoms with Crippen molar-refractivity contribution in [1.29, 1.82) is 0 Å². The van der Waals surface area contributed by atoms with Crippen molar-refractivity contribution in [3.63, 3.8) is 0 Å². The Morgan fingerprint density at radius 2 is 1.79 bits per heavy atom. The van der Waals surface area contributed by atoms with Crippen LogP contribution in [0.15, 0.2) is 12.2 Å². The van der Waals surface area contributed by atoms with Gasteiger partial charge in [0.25, 0.3) is 0 Å². The molecule has 0 amide bonds. The number of carbonyl (C=O) groups is 1. The molecule has 3 aliphatic rings. The lowest BCUT2D eigenvalue weighted by Crippen LogP contribution is -2.52. The van der Waals surface area contributed by atoms with E-state index >= 15 is 0 Å². The molecule has 0 N–H and O–H groups in total.